The van der Waals surface area contributed by atoms with Crippen molar-refractivity contribution in [3.8, 4) is 17.6 Å². The molecule has 0 aliphatic rings. The number of methoxy groups -OCH3 is 1. The molecule has 0 radical (unpaired) electrons. The second-order valence-electron chi connectivity index (χ2n) is 2.75. The van der Waals surface area contributed by atoms with Crippen LogP contribution in [0.2, 0.25) is 0 Å². The standard InChI is InChI=1S/C11H11Br2NO/c1-3-4-5-14-10-7-11(15-2)9(13)6-8(10)12/h6-7,14H,5H2,1-2H3. The summed E-state index contributed by atoms with van der Waals surface area (Å²) in [5.41, 5.74) is 0.970. The smallest absolute Gasteiger partial charge is 0.135 e. The Hall–Kier alpha value is -0.660. The number of rotatable bonds is 3. The number of ether oxygens (including phenoxy) is 1. The van der Waals surface area contributed by atoms with E-state index in [1.165, 1.54) is 0 Å². The minimum Gasteiger partial charge on any atom is -0.495 e. The molecular formula is C11H11Br2NO. The highest BCUT2D eigenvalue weighted by molar-refractivity contribution is 9.11. The van der Waals surface area contributed by atoms with Crippen LogP contribution in [0.4, 0.5) is 5.69 Å². The van der Waals surface area contributed by atoms with Crippen molar-refractivity contribution in [2.75, 3.05) is 19.0 Å². The van der Waals surface area contributed by atoms with Crippen LogP contribution in [0, 0.1) is 11.8 Å². The maximum atomic E-state index is 5.20. The molecule has 0 saturated heterocycles. The molecule has 1 aromatic rings. The zero-order valence-electron chi connectivity index (χ0n) is 8.53. The van der Waals surface area contributed by atoms with E-state index in [9.17, 15) is 0 Å². The molecule has 0 unspecified atom stereocenters. The van der Waals surface area contributed by atoms with E-state index in [-0.39, 0.29) is 0 Å². The van der Waals surface area contributed by atoms with Crippen LogP contribution in [0.15, 0.2) is 21.1 Å². The van der Waals surface area contributed by atoms with Gasteiger partial charge < -0.3 is 10.1 Å². The minimum absolute atomic E-state index is 0.625. The van der Waals surface area contributed by atoms with Crippen molar-refractivity contribution in [2.45, 2.75) is 6.92 Å². The fourth-order valence-electron chi connectivity index (χ4n) is 1.05. The van der Waals surface area contributed by atoms with Crippen LogP contribution in [-0.4, -0.2) is 13.7 Å². The number of benzene rings is 1. The summed E-state index contributed by atoms with van der Waals surface area (Å²) in [6.07, 6.45) is 0. The molecule has 0 atom stereocenters. The maximum absolute atomic E-state index is 5.20. The van der Waals surface area contributed by atoms with Crippen LogP contribution in [0.3, 0.4) is 0 Å². The molecule has 0 spiro atoms. The van der Waals surface area contributed by atoms with Gasteiger partial charge in [-0.3, -0.25) is 0 Å². The van der Waals surface area contributed by atoms with Crippen LogP contribution in [-0.2, 0) is 0 Å². The predicted molar refractivity (Wildman–Crippen MR) is 70.3 cm³/mol. The van der Waals surface area contributed by atoms with E-state index in [1.807, 2.05) is 19.1 Å². The van der Waals surface area contributed by atoms with Crippen molar-refractivity contribution in [3.63, 3.8) is 0 Å². The van der Waals surface area contributed by atoms with Gasteiger partial charge in [-0.25, -0.2) is 0 Å². The second-order valence-corrected chi connectivity index (χ2v) is 4.46. The number of hydrogen-bond donors (Lipinski definition) is 1. The molecule has 1 aromatic carbocycles. The molecule has 15 heavy (non-hydrogen) atoms. The summed E-state index contributed by atoms with van der Waals surface area (Å²) in [5.74, 6) is 6.57. The largest absolute Gasteiger partial charge is 0.495 e. The van der Waals surface area contributed by atoms with Crippen molar-refractivity contribution in [1.82, 2.24) is 0 Å². The van der Waals surface area contributed by atoms with Gasteiger partial charge in [-0.15, -0.1) is 5.92 Å². The monoisotopic (exact) mass is 331 g/mol. The first kappa shape index (κ1) is 12.4. The van der Waals surface area contributed by atoms with Gasteiger partial charge in [-0.05, 0) is 44.8 Å². The van der Waals surface area contributed by atoms with E-state index in [1.54, 1.807) is 7.11 Å². The molecule has 1 rings (SSSR count). The van der Waals surface area contributed by atoms with E-state index in [4.69, 9.17) is 4.74 Å². The van der Waals surface area contributed by atoms with Crippen molar-refractivity contribution in [1.29, 1.82) is 0 Å². The lowest BCUT2D eigenvalue weighted by Gasteiger charge is -2.09. The SMILES string of the molecule is CC#CCNc1cc(OC)c(Br)cc1Br. The Bertz CT molecular complexity index is 407. The molecule has 0 aliphatic carbocycles. The predicted octanol–water partition coefficient (Wildman–Crippen LogP) is 3.66. The Labute approximate surface area is 107 Å². The first-order chi connectivity index (χ1) is 7.19. The fourth-order valence-corrected chi connectivity index (χ4v) is 2.34. The Morgan fingerprint density at radius 1 is 1.33 bits per heavy atom. The summed E-state index contributed by atoms with van der Waals surface area (Å²) in [4.78, 5) is 0. The van der Waals surface area contributed by atoms with Crippen LogP contribution >= 0.6 is 31.9 Å². The fraction of sp³-hybridized carbons (Fsp3) is 0.273. The zero-order chi connectivity index (χ0) is 11.3. The highest BCUT2D eigenvalue weighted by Gasteiger charge is 2.05. The zero-order valence-corrected chi connectivity index (χ0v) is 11.7. The van der Waals surface area contributed by atoms with E-state index in [2.05, 4.69) is 49.0 Å². The van der Waals surface area contributed by atoms with E-state index in [0.29, 0.717) is 6.54 Å². The third kappa shape index (κ3) is 3.44. The van der Waals surface area contributed by atoms with E-state index >= 15 is 0 Å². The summed E-state index contributed by atoms with van der Waals surface area (Å²) in [6, 6.07) is 3.87. The maximum Gasteiger partial charge on any atom is 0.135 e. The van der Waals surface area contributed by atoms with Crippen LogP contribution in [0.5, 0.6) is 5.75 Å². The van der Waals surface area contributed by atoms with E-state index in [0.717, 1.165) is 20.4 Å². The van der Waals surface area contributed by atoms with Gasteiger partial charge in [0.25, 0.3) is 0 Å². The van der Waals surface area contributed by atoms with Gasteiger partial charge in [-0.2, -0.15) is 0 Å². The van der Waals surface area contributed by atoms with Gasteiger partial charge in [-0.1, -0.05) is 5.92 Å². The van der Waals surface area contributed by atoms with Crippen LogP contribution in [0.25, 0.3) is 0 Å². The molecule has 0 aliphatic heterocycles. The third-order valence-corrected chi connectivity index (χ3v) is 3.06. The summed E-state index contributed by atoms with van der Waals surface area (Å²) < 4.78 is 7.10. The average Bonchev–Trinajstić information content (AvgIpc) is 2.21. The minimum atomic E-state index is 0.625. The molecule has 4 heteroatoms. The summed E-state index contributed by atoms with van der Waals surface area (Å²) >= 11 is 6.88. The molecule has 0 saturated carbocycles. The Kier molecular flexibility index (Phi) is 5.00. The summed E-state index contributed by atoms with van der Waals surface area (Å²) in [7, 11) is 1.64. The van der Waals surface area contributed by atoms with Gasteiger partial charge in [0.2, 0.25) is 0 Å². The highest BCUT2D eigenvalue weighted by Crippen LogP contribution is 2.34. The first-order valence-electron chi connectivity index (χ1n) is 4.35. The topological polar surface area (TPSA) is 21.3 Å². The van der Waals surface area contributed by atoms with Gasteiger partial charge in [0.05, 0.1) is 23.8 Å². The quantitative estimate of drug-likeness (QED) is 0.853. The first-order valence-corrected chi connectivity index (χ1v) is 5.94. The molecule has 0 bridgehead atoms. The number of nitrogens with one attached hydrogen (secondary N) is 1. The lowest BCUT2D eigenvalue weighted by molar-refractivity contribution is 0.412. The van der Waals surface area contributed by atoms with Crippen molar-refractivity contribution >= 4 is 37.5 Å². The Morgan fingerprint density at radius 2 is 2.07 bits per heavy atom. The molecule has 0 fully saturated rings. The number of hydrogen-bond acceptors (Lipinski definition) is 2. The normalized spacial score (nSPS) is 9.07. The summed E-state index contributed by atoms with van der Waals surface area (Å²) in [5, 5.41) is 3.19. The Balaban J connectivity index is 2.90. The van der Waals surface area contributed by atoms with Gasteiger partial charge >= 0.3 is 0 Å². The lowest BCUT2D eigenvalue weighted by atomic mass is 10.3. The molecule has 80 valence electrons. The molecule has 0 heterocycles. The molecule has 0 aromatic heterocycles. The van der Waals surface area contributed by atoms with Crippen molar-refractivity contribution in [3.05, 3.63) is 21.1 Å². The van der Waals surface area contributed by atoms with Gasteiger partial charge in [0, 0.05) is 10.5 Å². The van der Waals surface area contributed by atoms with Gasteiger partial charge in [0.15, 0.2) is 0 Å². The highest BCUT2D eigenvalue weighted by atomic mass is 79.9. The number of anilines is 1. The van der Waals surface area contributed by atoms with Crippen LogP contribution < -0.4 is 10.1 Å². The third-order valence-electron chi connectivity index (χ3n) is 1.79. The van der Waals surface area contributed by atoms with Crippen molar-refractivity contribution < 1.29 is 4.74 Å². The number of halogens is 2. The molecule has 2 nitrogen and oxygen atoms in total. The van der Waals surface area contributed by atoms with Crippen LogP contribution in [0.1, 0.15) is 6.92 Å². The Morgan fingerprint density at radius 3 is 2.67 bits per heavy atom. The molecular weight excluding hydrogens is 322 g/mol. The van der Waals surface area contributed by atoms with E-state index < -0.39 is 0 Å². The average molecular weight is 333 g/mol. The lowest BCUT2D eigenvalue weighted by Crippen LogP contribution is -2.00. The molecule has 0 amide bonds. The van der Waals surface area contributed by atoms with Gasteiger partial charge in [0.1, 0.15) is 5.75 Å². The second kappa shape index (κ2) is 6.04. The van der Waals surface area contributed by atoms with Crippen molar-refractivity contribution in [2.24, 2.45) is 0 Å². The summed E-state index contributed by atoms with van der Waals surface area (Å²) in [6.45, 7) is 2.44. The molecule has 1 N–H and O–H groups in total.